The Labute approximate surface area is 123 Å². The minimum atomic E-state index is -0.535. The van der Waals surface area contributed by atoms with Crippen LogP contribution in [0.4, 0.5) is 0 Å². The van der Waals surface area contributed by atoms with E-state index in [0.717, 1.165) is 0 Å². The number of amides is 1. The van der Waals surface area contributed by atoms with Crippen LogP contribution in [0.3, 0.4) is 0 Å². The van der Waals surface area contributed by atoms with Crippen LogP contribution in [-0.2, 0) is 11.3 Å². The standard InChI is InChI=1S/C13H18Cl2N2O2/c1-13(2,12(19)16-3)7-17-6-8-4-9(14)5-10(15)11(8)18/h4-5,17-18H,6-7H2,1-3H3,(H,16,19). The zero-order chi connectivity index (χ0) is 14.6. The number of phenols is 1. The number of benzene rings is 1. The topological polar surface area (TPSA) is 61.4 Å². The fourth-order valence-corrected chi connectivity index (χ4v) is 2.22. The summed E-state index contributed by atoms with van der Waals surface area (Å²) >= 11 is 11.7. The third-order valence-corrected chi connectivity index (χ3v) is 3.34. The first-order valence-electron chi connectivity index (χ1n) is 5.87. The lowest BCUT2D eigenvalue weighted by molar-refractivity contribution is -0.128. The molecule has 0 aliphatic rings. The van der Waals surface area contributed by atoms with Crippen molar-refractivity contribution in [1.29, 1.82) is 0 Å². The molecule has 0 aliphatic heterocycles. The highest BCUT2D eigenvalue weighted by atomic mass is 35.5. The van der Waals surface area contributed by atoms with E-state index in [0.29, 0.717) is 23.7 Å². The molecule has 1 aromatic carbocycles. The number of rotatable bonds is 5. The summed E-state index contributed by atoms with van der Waals surface area (Å²) < 4.78 is 0. The van der Waals surface area contributed by atoms with Gasteiger partial charge in [0, 0.05) is 30.7 Å². The summed E-state index contributed by atoms with van der Waals surface area (Å²) in [5.74, 6) is -0.0373. The van der Waals surface area contributed by atoms with Crippen LogP contribution in [0.25, 0.3) is 0 Å². The van der Waals surface area contributed by atoms with Gasteiger partial charge in [-0.15, -0.1) is 0 Å². The molecule has 0 radical (unpaired) electrons. The van der Waals surface area contributed by atoms with E-state index in [1.165, 1.54) is 6.07 Å². The average Bonchev–Trinajstić information content (AvgIpc) is 2.33. The van der Waals surface area contributed by atoms with Crippen LogP contribution in [0.15, 0.2) is 12.1 Å². The number of aromatic hydroxyl groups is 1. The van der Waals surface area contributed by atoms with Gasteiger partial charge in [0.25, 0.3) is 0 Å². The predicted molar refractivity (Wildman–Crippen MR) is 77.7 cm³/mol. The van der Waals surface area contributed by atoms with E-state index in [-0.39, 0.29) is 16.7 Å². The summed E-state index contributed by atoms with van der Waals surface area (Å²) in [6.07, 6.45) is 0. The molecule has 1 rings (SSSR count). The number of carbonyl (C=O) groups excluding carboxylic acids is 1. The van der Waals surface area contributed by atoms with Crippen molar-refractivity contribution in [2.24, 2.45) is 5.41 Å². The highest BCUT2D eigenvalue weighted by Gasteiger charge is 2.25. The normalized spacial score (nSPS) is 11.4. The minimum Gasteiger partial charge on any atom is -0.506 e. The predicted octanol–water partition coefficient (Wildman–Crippen LogP) is 2.56. The van der Waals surface area contributed by atoms with Gasteiger partial charge in [-0.1, -0.05) is 23.2 Å². The van der Waals surface area contributed by atoms with Gasteiger partial charge in [-0.2, -0.15) is 0 Å². The maximum absolute atomic E-state index is 11.6. The molecule has 0 saturated carbocycles. The second kappa shape index (κ2) is 6.46. The summed E-state index contributed by atoms with van der Waals surface area (Å²) in [6, 6.07) is 3.12. The largest absolute Gasteiger partial charge is 0.506 e. The molecule has 0 heterocycles. The lowest BCUT2D eigenvalue weighted by atomic mass is 9.92. The minimum absolute atomic E-state index is 0.0105. The van der Waals surface area contributed by atoms with Crippen LogP contribution in [-0.4, -0.2) is 24.6 Å². The Morgan fingerprint density at radius 3 is 2.58 bits per heavy atom. The molecule has 19 heavy (non-hydrogen) atoms. The zero-order valence-corrected chi connectivity index (χ0v) is 12.7. The third-order valence-electron chi connectivity index (χ3n) is 2.83. The van der Waals surface area contributed by atoms with Crippen molar-refractivity contribution in [3.8, 4) is 5.75 Å². The number of carbonyl (C=O) groups is 1. The molecule has 1 amide bonds. The van der Waals surface area contributed by atoms with Gasteiger partial charge in [-0.25, -0.2) is 0 Å². The van der Waals surface area contributed by atoms with Crippen LogP contribution in [0.5, 0.6) is 5.75 Å². The van der Waals surface area contributed by atoms with Gasteiger partial charge in [-0.3, -0.25) is 4.79 Å². The van der Waals surface area contributed by atoms with Crippen LogP contribution < -0.4 is 10.6 Å². The molecule has 0 spiro atoms. The van der Waals surface area contributed by atoms with Gasteiger partial charge in [0.1, 0.15) is 5.75 Å². The van der Waals surface area contributed by atoms with Crippen molar-refractivity contribution in [2.75, 3.05) is 13.6 Å². The summed E-state index contributed by atoms with van der Waals surface area (Å²) in [7, 11) is 1.60. The van der Waals surface area contributed by atoms with Crippen molar-refractivity contribution < 1.29 is 9.90 Å². The van der Waals surface area contributed by atoms with Crippen LogP contribution in [0.1, 0.15) is 19.4 Å². The summed E-state index contributed by atoms with van der Waals surface area (Å²) in [6.45, 7) is 4.52. The van der Waals surface area contributed by atoms with Crippen molar-refractivity contribution in [2.45, 2.75) is 20.4 Å². The van der Waals surface area contributed by atoms with Gasteiger partial charge in [0.05, 0.1) is 10.4 Å². The first kappa shape index (κ1) is 16.1. The number of nitrogens with one attached hydrogen (secondary N) is 2. The molecule has 1 aromatic rings. The Morgan fingerprint density at radius 2 is 2.00 bits per heavy atom. The highest BCUT2D eigenvalue weighted by Crippen LogP contribution is 2.31. The summed E-state index contributed by atoms with van der Waals surface area (Å²) in [4.78, 5) is 11.6. The molecule has 3 N–H and O–H groups in total. The zero-order valence-electron chi connectivity index (χ0n) is 11.2. The SMILES string of the molecule is CNC(=O)C(C)(C)CNCc1cc(Cl)cc(Cl)c1O. The molecule has 0 bridgehead atoms. The molecule has 0 fully saturated rings. The van der Waals surface area contributed by atoms with Crippen LogP contribution in [0, 0.1) is 5.41 Å². The number of hydrogen-bond donors (Lipinski definition) is 3. The van der Waals surface area contributed by atoms with Gasteiger partial charge < -0.3 is 15.7 Å². The Kier molecular flexibility index (Phi) is 5.47. The Morgan fingerprint density at radius 1 is 1.37 bits per heavy atom. The van der Waals surface area contributed by atoms with Crippen molar-refractivity contribution >= 4 is 29.1 Å². The molecule has 106 valence electrons. The molecule has 0 aliphatic carbocycles. The molecular formula is C13H18Cl2N2O2. The quantitative estimate of drug-likeness (QED) is 0.783. The Bertz CT molecular complexity index is 476. The average molecular weight is 305 g/mol. The van der Waals surface area contributed by atoms with E-state index in [9.17, 15) is 9.90 Å². The lowest BCUT2D eigenvalue weighted by Gasteiger charge is -2.23. The fraction of sp³-hybridized carbons (Fsp3) is 0.462. The van der Waals surface area contributed by atoms with Crippen molar-refractivity contribution in [1.82, 2.24) is 10.6 Å². The lowest BCUT2D eigenvalue weighted by Crippen LogP contribution is -2.41. The Hall–Kier alpha value is -0.970. The maximum atomic E-state index is 11.6. The van der Waals surface area contributed by atoms with Gasteiger partial charge >= 0.3 is 0 Å². The van der Waals surface area contributed by atoms with Crippen LogP contribution >= 0.6 is 23.2 Å². The van der Waals surface area contributed by atoms with E-state index in [1.54, 1.807) is 13.1 Å². The van der Waals surface area contributed by atoms with E-state index in [2.05, 4.69) is 10.6 Å². The van der Waals surface area contributed by atoms with E-state index in [1.807, 2.05) is 13.8 Å². The number of phenolic OH excluding ortho intramolecular Hbond substituents is 1. The smallest absolute Gasteiger partial charge is 0.226 e. The van der Waals surface area contributed by atoms with E-state index >= 15 is 0 Å². The monoisotopic (exact) mass is 304 g/mol. The second-order valence-corrected chi connectivity index (χ2v) is 5.81. The highest BCUT2D eigenvalue weighted by molar-refractivity contribution is 6.35. The van der Waals surface area contributed by atoms with Crippen LogP contribution in [0.2, 0.25) is 10.0 Å². The molecule has 0 saturated heterocycles. The number of hydrogen-bond acceptors (Lipinski definition) is 3. The maximum Gasteiger partial charge on any atom is 0.226 e. The molecule has 4 nitrogen and oxygen atoms in total. The fourth-order valence-electron chi connectivity index (χ4n) is 1.68. The number of halogens is 2. The van der Waals surface area contributed by atoms with E-state index in [4.69, 9.17) is 23.2 Å². The van der Waals surface area contributed by atoms with Gasteiger partial charge in [0.2, 0.25) is 5.91 Å². The second-order valence-electron chi connectivity index (χ2n) is 4.96. The van der Waals surface area contributed by atoms with E-state index < -0.39 is 5.41 Å². The molecule has 0 atom stereocenters. The first-order valence-corrected chi connectivity index (χ1v) is 6.63. The first-order chi connectivity index (χ1) is 8.77. The molecular weight excluding hydrogens is 287 g/mol. The summed E-state index contributed by atoms with van der Waals surface area (Å²) in [5.41, 5.74) is 0.0671. The molecule has 6 heteroatoms. The van der Waals surface area contributed by atoms with Gasteiger partial charge in [-0.05, 0) is 26.0 Å². The third kappa shape index (κ3) is 4.27. The van der Waals surface area contributed by atoms with Crippen molar-refractivity contribution in [3.63, 3.8) is 0 Å². The Balaban J connectivity index is 2.66. The molecule has 0 unspecified atom stereocenters. The summed E-state index contributed by atoms with van der Waals surface area (Å²) in [5, 5.41) is 16.2. The molecule has 0 aromatic heterocycles. The van der Waals surface area contributed by atoms with Crippen molar-refractivity contribution in [3.05, 3.63) is 27.7 Å². The van der Waals surface area contributed by atoms with Gasteiger partial charge in [0.15, 0.2) is 0 Å².